The smallest absolute Gasteiger partial charge is 0.327 e. The van der Waals surface area contributed by atoms with E-state index in [1.54, 1.807) is 18.3 Å². The Morgan fingerprint density at radius 3 is 2.90 bits per heavy atom. The zero-order chi connectivity index (χ0) is 15.5. The number of hydrogen-bond acceptors (Lipinski definition) is 6. The van der Waals surface area contributed by atoms with Crippen LogP contribution in [0.15, 0.2) is 17.5 Å². The lowest BCUT2D eigenvalue weighted by Crippen LogP contribution is -2.59. The third kappa shape index (κ3) is 3.46. The number of hydrogen-bond donors (Lipinski definition) is 1. The predicted molar refractivity (Wildman–Crippen MR) is 83.0 cm³/mol. The summed E-state index contributed by atoms with van der Waals surface area (Å²) < 4.78 is 29.3. The third-order valence-electron chi connectivity index (χ3n) is 3.90. The summed E-state index contributed by atoms with van der Waals surface area (Å²) in [6.07, 6.45) is 2.89. The van der Waals surface area contributed by atoms with Crippen LogP contribution in [0, 0.1) is 0 Å². The van der Waals surface area contributed by atoms with Crippen molar-refractivity contribution in [3.8, 4) is 0 Å². The van der Waals surface area contributed by atoms with Crippen LogP contribution in [0.4, 0.5) is 0 Å². The summed E-state index contributed by atoms with van der Waals surface area (Å²) in [6.45, 7) is 2.45. The summed E-state index contributed by atoms with van der Waals surface area (Å²) in [6, 6.07) is 3.89. The molecular weight excluding hydrogens is 310 g/mol. The first-order chi connectivity index (χ1) is 9.90. The molecule has 7 heteroatoms. The molecule has 0 bridgehead atoms. The van der Waals surface area contributed by atoms with Gasteiger partial charge in [-0.3, -0.25) is 10.1 Å². The lowest BCUT2D eigenvalue weighted by molar-refractivity contribution is -0.151. The number of sulfone groups is 1. The molecule has 0 saturated heterocycles. The van der Waals surface area contributed by atoms with Crippen LogP contribution in [0.25, 0.3) is 0 Å². The molecule has 0 aliphatic heterocycles. The molecule has 1 N–H and O–H groups in total. The normalized spacial score (nSPS) is 25.9. The first-order valence-electron chi connectivity index (χ1n) is 7.03. The summed E-state index contributed by atoms with van der Waals surface area (Å²) in [7, 11) is -3.32. The molecule has 1 heterocycles. The molecule has 1 fully saturated rings. The van der Waals surface area contributed by atoms with Crippen LogP contribution in [-0.2, 0) is 25.9 Å². The van der Waals surface area contributed by atoms with Crippen LogP contribution >= 0.6 is 11.3 Å². The van der Waals surface area contributed by atoms with Gasteiger partial charge in [-0.05, 0) is 37.6 Å². The molecule has 0 amide bonds. The van der Waals surface area contributed by atoms with Gasteiger partial charge in [0.1, 0.15) is 5.54 Å². The average Bonchev–Trinajstić information content (AvgIpc) is 3.06. The van der Waals surface area contributed by atoms with Crippen molar-refractivity contribution >= 4 is 27.1 Å². The molecule has 1 aromatic heterocycles. The third-order valence-corrected chi connectivity index (χ3v) is 6.45. The Hall–Kier alpha value is -0.920. The molecule has 2 atom stereocenters. The molecule has 1 aliphatic rings. The van der Waals surface area contributed by atoms with Gasteiger partial charge in [-0.2, -0.15) is 0 Å². The zero-order valence-corrected chi connectivity index (χ0v) is 13.9. The first-order valence-corrected chi connectivity index (χ1v) is 9.87. The van der Waals surface area contributed by atoms with Crippen molar-refractivity contribution < 1.29 is 17.9 Å². The standard InChI is InChI=1S/C14H21NO4S2/c1-3-19-13(16)14(15-10-11-6-5-9-20-11)8-4-7-12(14)21(2,17)18/h5-6,9,12,15H,3-4,7-8,10H2,1-2H3. The second kappa shape index (κ2) is 6.46. The number of rotatable bonds is 6. The topological polar surface area (TPSA) is 72.5 Å². The molecule has 1 aromatic rings. The van der Waals surface area contributed by atoms with E-state index in [0.717, 1.165) is 4.88 Å². The van der Waals surface area contributed by atoms with Gasteiger partial charge < -0.3 is 4.74 Å². The number of ether oxygens (including phenoxy) is 1. The fourth-order valence-electron chi connectivity index (χ4n) is 2.98. The van der Waals surface area contributed by atoms with Gasteiger partial charge in [-0.15, -0.1) is 11.3 Å². The van der Waals surface area contributed by atoms with E-state index >= 15 is 0 Å². The molecule has 1 aliphatic carbocycles. The quantitative estimate of drug-likeness (QED) is 0.804. The van der Waals surface area contributed by atoms with Crippen LogP contribution in [0.5, 0.6) is 0 Å². The SMILES string of the molecule is CCOC(=O)C1(NCc2cccs2)CCCC1S(C)(=O)=O. The van der Waals surface area contributed by atoms with Crippen molar-refractivity contribution in [2.24, 2.45) is 0 Å². The highest BCUT2D eigenvalue weighted by atomic mass is 32.2. The van der Waals surface area contributed by atoms with Crippen LogP contribution in [-0.4, -0.2) is 38.0 Å². The second-order valence-corrected chi connectivity index (χ2v) is 8.60. The molecule has 1 saturated carbocycles. The van der Waals surface area contributed by atoms with E-state index in [4.69, 9.17) is 4.74 Å². The number of carbonyl (C=O) groups excluding carboxylic acids is 1. The Kier molecular flexibility index (Phi) is 5.06. The first kappa shape index (κ1) is 16.5. The van der Waals surface area contributed by atoms with Crippen molar-refractivity contribution in [2.45, 2.75) is 43.5 Å². The average molecular weight is 331 g/mol. The summed E-state index contributed by atoms with van der Waals surface area (Å²) in [5.41, 5.74) is -1.12. The Morgan fingerprint density at radius 2 is 2.33 bits per heavy atom. The van der Waals surface area contributed by atoms with Crippen LogP contribution in [0.2, 0.25) is 0 Å². The van der Waals surface area contributed by atoms with E-state index < -0.39 is 26.6 Å². The molecule has 5 nitrogen and oxygen atoms in total. The molecule has 0 spiro atoms. The van der Waals surface area contributed by atoms with Gasteiger partial charge in [0.05, 0.1) is 11.9 Å². The fraction of sp³-hybridized carbons (Fsp3) is 0.643. The monoisotopic (exact) mass is 331 g/mol. The van der Waals surface area contributed by atoms with Gasteiger partial charge in [-0.25, -0.2) is 8.42 Å². The van der Waals surface area contributed by atoms with Crippen LogP contribution < -0.4 is 5.32 Å². The molecule has 21 heavy (non-hydrogen) atoms. The summed E-state index contributed by atoms with van der Waals surface area (Å²) in [4.78, 5) is 13.5. The highest BCUT2D eigenvalue weighted by Gasteiger charge is 2.54. The maximum absolute atomic E-state index is 12.4. The van der Waals surface area contributed by atoms with Gasteiger partial charge in [0, 0.05) is 17.7 Å². The highest BCUT2D eigenvalue weighted by Crippen LogP contribution is 2.36. The van der Waals surface area contributed by atoms with E-state index in [0.29, 0.717) is 25.8 Å². The van der Waals surface area contributed by atoms with Crippen molar-refractivity contribution in [3.63, 3.8) is 0 Å². The molecular formula is C14H21NO4S2. The van der Waals surface area contributed by atoms with Gasteiger partial charge >= 0.3 is 5.97 Å². The number of carbonyl (C=O) groups is 1. The highest BCUT2D eigenvalue weighted by molar-refractivity contribution is 7.91. The van der Waals surface area contributed by atoms with Crippen LogP contribution in [0.1, 0.15) is 31.1 Å². The summed E-state index contributed by atoms with van der Waals surface area (Å²) >= 11 is 1.57. The minimum Gasteiger partial charge on any atom is -0.465 e. The molecule has 2 unspecified atom stereocenters. The molecule has 0 radical (unpaired) electrons. The lowest BCUT2D eigenvalue weighted by Gasteiger charge is -2.33. The second-order valence-electron chi connectivity index (χ2n) is 5.34. The summed E-state index contributed by atoms with van der Waals surface area (Å²) in [5, 5.41) is 4.43. The number of nitrogens with one attached hydrogen (secondary N) is 1. The fourth-order valence-corrected chi connectivity index (χ4v) is 5.25. The van der Waals surface area contributed by atoms with Gasteiger partial charge in [-0.1, -0.05) is 6.07 Å². The summed E-state index contributed by atoms with van der Waals surface area (Å²) in [5.74, 6) is -0.450. The van der Waals surface area contributed by atoms with E-state index in [2.05, 4.69) is 5.32 Å². The van der Waals surface area contributed by atoms with E-state index in [1.165, 1.54) is 6.26 Å². The largest absolute Gasteiger partial charge is 0.465 e. The van der Waals surface area contributed by atoms with Gasteiger partial charge in [0.2, 0.25) is 0 Å². The van der Waals surface area contributed by atoms with Gasteiger partial charge in [0.15, 0.2) is 9.84 Å². The minimum absolute atomic E-state index is 0.248. The molecule has 0 aromatic carbocycles. The Balaban J connectivity index is 2.27. The minimum atomic E-state index is -3.32. The van der Waals surface area contributed by atoms with Crippen molar-refractivity contribution in [2.75, 3.05) is 12.9 Å². The Morgan fingerprint density at radius 1 is 1.57 bits per heavy atom. The van der Waals surface area contributed by atoms with Crippen molar-refractivity contribution in [1.29, 1.82) is 0 Å². The van der Waals surface area contributed by atoms with Crippen LogP contribution in [0.3, 0.4) is 0 Å². The lowest BCUT2D eigenvalue weighted by atomic mass is 9.97. The molecule has 118 valence electrons. The van der Waals surface area contributed by atoms with E-state index in [9.17, 15) is 13.2 Å². The van der Waals surface area contributed by atoms with Gasteiger partial charge in [0.25, 0.3) is 0 Å². The molecule has 2 rings (SSSR count). The predicted octanol–water partition coefficient (Wildman–Crippen LogP) is 1.74. The zero-order valence-electron chi connectivity index (χ0n) is 12.3. The van der Waals surface area contributed by atoms with Crippen molar-refractivity contribution in [1.82, 2.24) is 5.32 Å². The van der Waals surface area contributed by atoms with E-state index in [-0.39, 0.29) is 6.61 Å². The Bertz CT molecular complexity index is 582. The maximum Gasteiger partial charge on any atom is 0.327 e. The maximum atomic E-state index is 12.4. The number of esters is 1. The van der Waals surface area contributed by atoms with Crippen molar-refractivity contribution in [3.05, 3.63) is 22.4 Å². The Labute approximate surface area is 129 Å². The number of thiophene rings is 1. The van der Waals surface area contributed by atoms with E-state index in [1.807, 2.05) is 17.5 Å².